The maximum absolute atomic E-state index is 5.54. The Balaban J connectivity index is 1.84. The van der Waals surface area contributed by atoms with Gasteiger partial charge in [0, 0.05) is 12.1 Å². The number of rotatable bonds is 3. The summed E-state index contributed by atoms with van der Waals surface area (Å²) in [7, 11) is 0. The molecule has 0 saturated carbocycles. The van der Waals surface area contributed by atoms with Gasteiger partial charge in [-0.05, 0) is 37.8 Å². The van der Waals surface area contributed by atoms with Gasteiger partial charge < -0.3 is 9.84 Å². The van der Waals surface area contributed by atoms with Crippen molar-refractivity contribution in [3.05, 3.63) is 35.7 Å². The largest absolute Gasteiger partial charge is 0.338 e. The molecular formula is C17H23N3O. The normalized spacial score (nSPS) is 22.7. The zero-order valence-corrected chi connectivity index (χ0v) is 13.0. The van der Waals surface area contributed by atoms with Gasteiger partial charge >= 0.3 is 0 Å². The number of piperidine rings is 1. The van der Waals surface area contributed by atoms with Gasteiger partial charge in [0.25, 0.3) is 0 Å². The molecule has 1 aliphatic heterocycles. The number of benzene rings is 1. The molecule has 2 heterocycles. The van der Waals surface area contributed by atoms with E-state index in [1.165, 1.54) is 5.56 Å². The van der Waals surface area contributed by atoms with Gasteiger partial charge in [0.15, 0.2) is 0 Å². The molecule has 1 aromatic carbocycles. The van der Waals surface area contributed by atoms with Gasteiger partial charge in [-0.25, -0.2) is 0 Å². The van der Waals surface area contributed by atoms with Crippen LogP contribution in [0.5, 0.6) is 0 Å². The Morgan fingerprint density at radius 1 is 1.24 bits per heavy atom. The lowest BCUT2D eigenvalue weighted by Gasteiger charge is -2.30. The molecule has 4 nitrogen and oxygen atoms in total. The minimum atomic E-state index is -0.0403. The molecule has 3 rings (SSSR count). The Morgan fingerprint density at radius 2 is 2.00 bits per heavy atom. The fourth-order valence-electron chi connectivity index (χ4n) is 2.84. The standard InChI is InChI=1S/C17H23N3O/c1-12(2)13-5-7-14(8-6-13)15-19-16(21-20-15)17(3)9-4-10-18-11-17/h5-8,12,18H,4,9-11H2,1-3H3. The van der Waals surface area contributed by atoms with Crippen molar-refractivity contribution in [2.75, 3.05) is 13.1 Å². The predicted molar refractivity (Wildman–Crippen MR) is 83.3 cm³/mol. The summed E-state index contributed by atoms with van der Waals surface area (Å²) in [5.41, 5.74) is 2.30. The highest BCUT2D eigenvalue weighted by molar-refractivity contribution is 5.55. The Bertz CT molecular complexity index is 595. The van der Waals surface area contributed by atoms with Crippen molar-refractivity contribution in [3.8, 4) is 11.4 Å². The first-order chi connectivity index (χ1) is 10.1. The summed E-state index contributed by atoms with van der Waals surface area (Å²) in [5, 5.41) is 7.58. The lowest BCUT2D eigenvalue weighted by Crippen LogP contribution is -2.41. The molecule has 1 N–H and O–H groups in total. The van der Waals surface area contributed by atoms with E-state index < -0.39 is 0 Å². The van der Waals surface area contributed by atoms with Crippen molar-refractivity contribution in [3.63, 3.8) is 0 Å². The van der Waals surface area contributed by atoms with E-state index >= 15 is 0 Å². The highest BCUT2D eigenvalue weighted by Gasteiger charge is 2.34. The zero-order chi connectivity index (χ0) is 14.9. The van der Waals surface area contributed by atoms with Crippen LogP contribution in [0.4, 0.5) is 0 Å². The Morgan fingerprint density at radius 3 is 2.62 bits per heavy atom. The quantitative estimate of drug-likeness (QED) is 0.937. The Kier molecular flexibility index (Phi) is 3.81. The molecule has 4 heteroatoms. The average molecular weight is 285 g/mol. The predicted octanol–water partition coefficient (Wildman–Crippen LogP) is 3.50. The van der Waals surface area contributed by atoms with Crippen LogP contribution in [-0.2, 0) is 5.41 Å². The molecule has 21 heavy (non-hydrogen) atoms. The fraction of sp³-hybridized carbons (Fsp3) is 0.529. The lowest BCUT2D eigenvalue weighted by atomic mass is 9.83. The van der Waals surface area contributed by atoms with Crippen LogP contribution in [0.1, 0.15) is 51.0 Å². The first-order valence-corrected chi connectivity index (χ1v) is 7.74. The number of aromatic nitrogens is 2. The first kappa shape index (κ1) is 14.3. The topological polar surface area (TPSA) is 51.0 Å². The number of hydrogen-bond donors (Lipinski definition) is 1. The third-order valence-corrected chi connectivity index (χ3v) is 4.38. The summed E-state index contributed by atoms with van der Waals surface area (Å²) in [6.45, 7) is 8.56. The van der Waals surface area contributed by atoms with Gasteiger partial charge in [-0.1, -0.05) is 43.3 Å². The summed E-state index contributed by atoms with van der Waals surface area (Å²) in [6.07, 6.45) is 2.24. The second-order valence-corrected chi connectivity index (χ2v) is 6.54. The molecule has 0 bridgehead atoms. The minimum Gasteiger partial charge on any atom is -0.338 e. The summed E-state index contributed by atoms with van der Waals surface area (Å²) in [6, 6.07) is 8.43. The number of nitrogens with zero attached hydrogens (tertiary/aromatic N) is 2. The van der Waals surface area contributed by atoms with E-state index in [9.17, 15) is 0 Å². The van der Waals surface area contributed by atoms with E-state index in [1.807, 2.05) is 0 Å². The maximum Gasteiger partial charge on any atom is 0.234 e. The van der Waals surface area contributed by atoms with Crippen molar-refractivity contribution < 1.29 is 4.52 Å². The monoisotopic (exact) mass is 285 g/mol. The van der Waals surface area contributed by atoms with E-state index in [4.69, 9.17) is 4.52 Å². The summed E-state index contributed by atoms with van der Waals surface area (Å²) in [5.74, 6) is 1.97. The summed E-state index contributed by atoms with van der Waals surface area (Å²) in [4.78, 5) is 4.63. The molecule has 0 spiro atoms. The van der Waals surface area contributed by atoms with Gasteiger partial charge in [0.2, 0.25) is 11.7 Å². The van der Waals surface area contributed by atoms with Gasteiger partial charge in [0.1, 0.15) is 0 Å². The van der Waals surface area contributed by atoms with E-state index in [2.05, 4.69) is 60.5 Å². The maximum atomic E-state index is 5.54. The lowest BCUT2D eigenvalue weighted by molar-refractivity contribution is 0.245. The second kappa shape index (κ2) is 5.60. The molecule has 0 aliphatic carbocycles. The van der Waals surface area contributed by atoms with E-state index in [1.54, 1.807) is 0 Å². The zero-order valence-electron chi connectivity index (χ0n) is 13.0. The Labute approximate surface area is 126 Å². The molecule has 1 aliphatic rings. The third-order valence-electron chi connectivity index (χ3n) is 4.38. The Hall–Kier alpha value is -1.68. The second-order valence-electron chi connectivity index (χ2n) is 6.54. The van der Waals surface area contributed by atoms with Crippen LogP contribution in [0, 0.1) is 0 Å². The molecule has 0 radical (unpaired) electrons. The van der Waals surface area contributed by atoms with Crippen LogP contribution in [0.25, 0.3) is 11.4 Å². The average Bonchev–Trinajstić information content (AvgIpc) is 2.99. The fourth-order valence-corrected chi connectivity index (χ4v) is 2.84. The first-order valence-electron chi connectivity index (χ1n) is 7.74. The molecule has 0 amide bonds. The van der Waals surface area contributed by atoms with Crippen LogP contribution in [0.2, 0.25) is 0 Å². The highest BCUT2D eigenvalue weighted by atomic mass is 16.5. The SMILES string of the molecule is CC(C)c1ccc(-c2noc(C3(C)CCCNC3)n2)cc1. The van der Waals surface area contributed by atoms with E-state index in [0.29, 0.717) is 11.7 Å². The number of hydrogen-bond acceptors (Lipinski definition) is 4. The van der Waals surface area contributed by atoms with Crippen molar-refractivity contribution in [2.24, 2.45) is 0 Å². The number of nitrogens with one attached hydrogen (secondary N) is 1. The molecule has 2 aromatic rings. The van der Waals surface area contributed by atoms with Crippen molar-refractivity contribution >= 4 is 0 Å². The summed E-state index contributed by atoms with van der Waals surface area (Å²) < 4.78 is 5.54. The molecule has 1 unspecified atom stereocenters. The molecule has 112 valence electrons. The molecule has 1 atom stereocenters. The molecule has 1 fully saturated rings. The molecular weight excluding hydrogens is 262 g/mol. The van der Waals surface area contributed by atoms with Crippen LogP contribution in [0.15, 0.2) is 28.8 Å². The van der Waals surface area contributed by atoms with Gasteiger partial charge in [-0.15, -0.1) is 0 Å². The van der Waals surface area contributed by atoms with Crippen LogP contribution >= 0.6 is 0 Å². The van der Waals surface area contributed by atoms with Crippen molar-refractivity contribution in [1.29, 1.82) is 0 Å². The van der Waals surface area contributed by atoms with E-state index in [-0.39, 0.29) is 5.41 Å². The van der Waals surface area contributed by atoms with Crippen LogP contribution in [0.3, 0.4) is 0 Å². The van der Waals surface area contributed by atoms with E-state index in [0.717, 1.165) is 37.4 Å². The van der Waals surface area contributed by atoms with Crippen molar-refractivity contribution in [2.45, 2.75) is 44.9 Å². The highest BCUT2D eigenvalue weighted by Crippen LogP contribution is 2.31. The minimum absolute atomic E-state index is 0.0403. The summed E-state index contributed by atoms with van der Waals surface area (Å²) >= 11 is 0. The molecule has 1 aromatic heterocycles. The van der Waals surface area contributed by atoms with Gasteiger partial charge in [-0.3, -0.25) is 0 Å². The molecule has 1 saturated heterocycles. The van der Waals surface area contributed by atoms with Crippen LogP contribution in [-0.4, -0.2) is 23.2 Å². The van der Waals surface area contributed by atoms with Crippen LogP contribution < -0.4 is 5.32 Å². The smallest absolute Gasteiger partial charge is 0.234 e. The van der Waals surface area contributed by atoms with Crippen molar-refractivity contribution in [1.82, 2.24) is 15.5 Å². The van der Waals surface area contributed by atoms with Gasteiger partial charge in [0.05, 0.1) is 5.41 Å². The van der Waals surface area contributed by atoms with Gasteiger partial charge in [-0.2, -0.15) is 4.98 Å². The third kappa shape index (κ3) is 2.86.